The van der Waals surface area contributed by atoms with Crippen molar-refractivity contribution in [3.05, 3.63) is 34.3 Å². The predicted octanol–water partition coefficient (Wildman–Crippen LogP) is 3.24. The molecule has 1 heterocycles. The molecule has 4 heteroatoms. The third-order valence-corrected chi connectivity index (χ3v) is 4.92. The smallest absolute Gasteiger partial charge is 0.0408 e. The van der Waals surface area contributed by atoms with Crippen LogP contribution in [-0.4, -0.2) is 24.0 Å². The summed E-state index contributed by atoms with van der Waals surface area (Å²) >= 11 is 6.00. The van der Waals surface area contributed by atoms with Crippen molar-refractivity contribution in [1.82, 2.24) is 4.90 Å². The molecule has 1 saturated heterocycles. The minimum Gasteiger partial charge on any atom is -0.327 e. The van der Waals surface area contributed by atoms with Crippen molar-refractivity contribution in [2.75, 3.05) is 13.1 Å². The Morgan fingerprint density at radius 3 is 2.79 bits per heavy atom. The van der Waals surface area contributed by atoms with E-state index in [0.29, 0.717) is 6.04 Å². The molecule has 0 spiro atoms. The van der Waals surface area contributed by atoms with Crippen molar-refractivity contribution in [1.29, 1.82) is 0 Å². The summed E-state index contributed by atoms with van der Waals surface area (Å²) in [6.07, 6.45) is 2.55. The Balaban J connectivity index is 0.00000133. The highest BCUT2D eigenvalue weighted by Crippen LogP contribution is 2.37. The first-order valence-corrected chi connectivity index (χ1v) is 7.24. The quantitative estimate of drug-likeness (QED) is 0.908. The number of fused-ring (bicyclic) bond motifs is 1. The Bertz CT molecular complexity index is 450. The standard InChI is InChI=1S/C15H21ClN2.ClH/c1-10-6-13(16)4-2-11(10)7-18-8-12-3-5-15(17)14(12)9-18;/h2,4,6,12,14-15H,3,5,7-9,17H2,1H3;1H. The van der Waals surface area contributed by atoms with Crippen LogP contribution in [0.15, 0.2) is 18.2 Å². The maximum Gasteiger partial charge on any atom is 0.0408 e. The summed E-state index contributed by atoms with van der Waals surface area (Å²) in [6, 6.07) is 6.64. The number of benzene rings is 1. The highest BCUT2D eigenvalue weighted by molar-refractivity contribution is 6.30. The van der Waals surface area contributed by atoms with E-state index in [4.69, 9.17) is 17.3 Å². The van der Waals surface area contributed by atoms with Gasteiger partial charge in [0, 0.05) is 30.7 Å². The van der Waals surface area contributed by atoms with Gasteiger partial charge in [0.15, 0.2) is 0 Å². The Hall–Kier alpha value is -0.280. The summed E-state index contributed by atoms with van der Waals surface area (Å²) in [5, 5.41) is 0.830. The SMILES string of the molecule is Cc1cc(Cl)ccc1CN1CC2CCC(N)C2C1.Cl. The zero-order valence-corrected chi connectivity index (χ0v) is 12.9. The minimum absolute atomic E-state index is 0. The minimum atomic E-state index is 0. The molecule has 2 aliphatic rings. The third-order valence-electron chi connectivity index (χ3n) is 4.69. The lowest BCUT2D eigenvalue weighted by molar-refractivity contribution is 0.297. The van der Waals surface area contributed by atoms with E-state index in [0.717, 1.165) is 23.4 Å². The lowest BCUT2D eigenvalue weighted by atomic mass is 9.98. The summed E-state index contributed by atoms with van der Waals surface area (Å²) < 4.78 is 0. The predicted molar refractivity (Wildman–Crippen MR) is 82.9 cm³/mol. The Morgan fingerprint density at radius 2 is 2.11 bits per heavy atom. The number of nitrogens with zero attached hydrogens (tertiary/aromatic N) is 1. The molecule has 1 aromatic rings. The summed E-state index contributed by atoms with van der Waals surface area (Å²) in [5.74, 6) is 1.57. The van der Waals surface area contributed by atoms with Crippen LogP contribution in [0, 0.1) is 18.8 Å². The number of nitrogens with two attached hydrogens (primary N) is 1. The molecule has 0 radical (unpaired) electrons. The molecule has 2 fully saturated rings. The molecule has 3 rings (SSSR count). The third kappa shape index (κ3) is 3.08. The van der Waals surface area contributed by atoms with Gasteiger partial charge in [0.25, 0.3) is 0 Å². The Kier molecular flexibility index (Phi) is 4.78. The number of hydrogen-bond donors (Lipinski definition) is 1. The largest absolute Gasteiger partial charge is 0.327 e. The Morgan fingerprint density at radius 1 is 1.32 bits per heavy atom. The van der Waals surface area contributed by atoms with E-state index in [1.54, 1.807) is 0 Å². The van der Waals surface area contributed by atoms with Crippen molar-refractivity contribution >= 4 is 24.0 Å². The second kappa shape index (κ2) is 6.01. The zero-order valence-electron chi connectivity index (χ0n) is 11.3. The lowest BCUT2D eigenvalue weighted by Crippen LogP contribution is -2.30. The fourth-order valence-electron chi connectivity index (χ4n) is 3.61. The molecule has 1 saturated carbocycles. The number of hydrogen-bond acceptors (Lipinski definition) is 2. The van der Waals surface area contributed by atoms with E-state index in [1.807, 2.05) is 6.07 Å². The second-order valence-electron chi connectivity index (χ2n) is 5.93. The van der Waals surface area contributed by atoms with Crippen LogP contribution in [0.2, 0.25) is 5.02 Å². The van der Waals surface area contributed by atoms with Gasteiger partial charge in [0.05, 0.1) is 0 Å². The zero-order chi connectivity index (χ0) is 12.7. The molecule has 3 unspecified atom stereocenters. The van der Waals surface area contributed by atoms with Crippen LogP contribution in [0.4, 0.5) is 0 Å². The van der Waals surface area contributed by atoms with Gasteiger partial charge < -0.3 is 5.73 Å². The first-order valence-electron chi connectivity index (χ1n) is 6.86. The molecule has 1 aliphatic heterocycles. The molecule has 2 nitrogen and oxygen atoms in total. The van der Waals surface area contributed by atoms with Crippen LogP contribution in [0.25, 0.3) is 0 Å². The first-order chi connectivity index (χ1) is 8.63. The average molecular weight is 301 g/mol. The van der Waals surface area contributed by atoms with Crippen molar-refractivity contribution in [3.8, 4) is 0 Å². The fourth-order valence-corrected chi connectivity index (χ4v) is 3.83. The molecule has 3 atom stereocenters. The maximum absolute atomic E-state index is 6.18. The van der Waals surface area contributed by atoms with Gasteiger partial charge in [-0.25, -0.2) is 0 Å². The number of rotatable bonds is 2. The fraction of sp³-hybridized carbons (Fsp3) is 0.600. The molecular formula is C15H22Cl2N2. The van der Waals surface area contributed by atoms with Crippen molar-refractivity contribution in [2.24, 2.45) is 17.6 Å². The van der Waals surface area contributed by atoms with E-state index in [-0.39, 0.29) is 12.4 Å². The van der Waals surface area contributed by atoms with Gasteiger partial charge in [0.2, 0.25) is 0 Å². The van der Waals surface area contributed by atoms with Crippen LogP contribution in [0.3, 0.4) is 0 Å². The van der Waals surface area contributed by atoms with E-state index in [9.17, 15) is 0 Å². The summed E-state index contributed by atoms with van der Waals surface area (Å²) in [7, 11) is 0. The Labute approximate surface area is 126 Å². The lowest BCUT2D eigenvalue weighted by Gasteiger charge is -2.19. The number of likely N-dealkylation sites (tertiary alicyclic amines) is 1. The highest BCUT2D eigenvalue weighted by atomic mass is 35.5. The maximum atomic E-state index is 6.18. The van der Waals surface area contributed by atoms with Gasteiger partial charge in [-0.05, 0) is 54.9 Å². The topological polar surface area (TPSA) is 29.3 Å². The molecule has 0 amide bonds. The van der Waals surface area contributed by atoms with Gasteiger partial charge in [-0.15, -0.1) is 12.4 Å². The summed E-state index contributed by atoms with van der Waals surface area (Å²) in [6.45, 7) is 5.58. The van der Waals surface area contributed by atoms with Gasteiger partial charge >= 0.3 is 0 Å². The average Bonchev–Trinajstić information content (AvgIpc) is 2.86. The molecular weight excluding hydrogens is 279 g/mol. The van der Waals surface area contributed by atoms with E-state index in [2.05, 4.69) is 24.0 Å². The number of halogens is 2. The van der Waals surface area contributed by atoms with Gasteiger partial charge in [-0.3, -0.25) is 4.90 Å². The van der Waals surface area contributed by atoms with E-state index in [1.165, 1.54) is 37.1 Å². The first kappa shape index (κ1) is 15.1. The molecule has 106 valence electrons. The normalized spacial score (nSPS) is 30.2. The van der Waals surface area contributed by atoms with Crippen molar-refractivity contribution in [2.45, 2.75) is 32.4 Å². The van der Waals surface area contributed by atoms with E-state index >= 15 is 0 Å². The highest BCUT2D eigenvalue weighted by Gasteiger charge is 2.40. The van der Waals surface area contributed by atoms with E-state index < -0.39 is 0 Å². The van der Waals surface area contributed by atoms with Crippen LogP contribution in [0.5, 0.6) is 0 Å². The number of aryl methyl sites for hydroxylation is 1. The van der Waals surface area contributed by atoms with Gasteiger partial charge in [0.1, 0.15) is 0 Å². The van der Waals surface area contributed by atoms with Crippen LogP contribution in [0.1, 0.15) is 24.0 Å². The second-order valence-corrected chi connectivity index (χ2v) is 6.37. The molecule has 0 bridgehead atoms. The molecule has 1 aromatic carbocycles. The van der Waals surface area contributed by atoms with Gasteiger partial charge in [-0.1, -0.05) is 17.7 Å². The molecule has 1 aliphatic carbocycles. The summed E-state index contributed by atoms with van der Waals surface area (Å²) in [5.41, 5.74) is 8.87. The monoisotopic (exact) mass is 300 g/mol. The van der Waals surface area contributed by atoms with Crippen LogP contribution < -0.4 is 5.73 Å². The molecule has 0 aromatic heterocycles. The van der Waals surface area contributed by atoms with Gasteiger partial charge in [-0.2, -0.15) is 0 Å². The van der Waals surface area contributed by atoms with Crippen LogP contribution >= 0.6 is 24.0 Å². The van der Waals surface area contributed by atoms with Crippen LogP contribution in [-0.2, 0) is 6.54 Å². The van der Waals surface area contributed by atoms with Crippen molar-refractivity contribution in [3.63, 3.8) is 0 Å². The summed E-state index contributed by atoms with van der Waals surface area (Å²) in [4.78, 5) is 2.56. The van der Waals surface area contributed by atoms with Crippen molar-refractivity contribution < 1.29 is 0 Å². The molecule has 19 heavy (non-hydrogen) atoms. The molecule has 2 N–H and O–H groups in total.